The predicted octanol–water partition coefficient (Wildman–Crippen LogP) is -1.31. The summed E-state index contributed by atoms with van der Waals surface area (Å²) in [5, 5.41) is 2.64. The first-order valence-electron chi connectivity index (χ1n) is 4.93. The molecule has 1 aliphatic heterocycles. The highest BCUT2D eigenvalue weighted by Crippen LogP contribution is 2.18. The molecule has 86 valence electrons. The van der Waals surface area contributed by atoms with Crippen molar-refractivity contribution >= 4 is 23.8 Å². The lowest BCUT2D eigenvalue weighted by atomic mass is 10.4. The van der Waals surface area contributed by atoms with E-state index in [1.54, 1.807) is 0 Å². The Morgan fingerprint density at radius 1 is 1.31 bits per heavy atom. The Balaban J connectivity index is 1.98. The fourth-order valence-electron chi connectivity index (χ4n) is 1.40. The number of amides is 5. The smallest absolute Gasteiger partial charge is 0.334 e. The van der Waals surface area contributed by atoms with Crippen molar-refractivity contribution in [3.05, 3.63) is 0 Å². The van der Waals surface area contributed by atoms with E-state index in [0.29, 0.717) is 9.80 Å². The van der Waals surface area contributed by atoms with Crippen LogP contribution in [0.2, 0.25) is 0 Å². The van der Waals surface area contributed by atoms with Crippen molar-refractivity contribution in [1.29, 1.82) is 0 Å². The zero-order chi connectivity index (χ0) is 11.9. The SMILES string of the molecule is CN1C(=O)C(=O)N(CC(=O)NC2CC2)C1=O. The third-order valence-electron chi connectivity index (χ3n) is 2.49. The minimum atomic E-state index is -0.946. The Bertz CT molecular complexity index is 388. The van der Waals surface area contributed by atoms with Crippen LogP contribution in [0.5, 0.6) is 0 Å². The van der Waals surface area contributed by atoms with Gasteiger partial charge in [0.15, 0.2) is 0 Å². The van der Waals surface area contributed by atoms with Crippen LogP contribution < -0.4 is 5.32 Å². The third-order valence-corrected chi connectivity index (χ3v) is 2.49. The molecule has 2 aliphatic rings. The summed E-state index contributed by atoms with van der Waals surface area (Å²) in [6, 6.07) is -0.588. The van der Waals surface area contributed by atoms with E-state index in [2.05, 4.69) is 5.32 Å². The Hall–Kier alpha value is -1.92. The lowest BCUT2D eigenvalue weighted by Crippen LogP contribution is -2.41. The molecule has 2 rings (SSSR count). The number of hydrogen-bond donors (Lipinski definition) is 1. The van der Waals surface area contributed by atoms with Gasteiger partial charge in [0.1, 0.15) is 6.54 Å². The molecular weight excluding hydrogens is 214 g/mol. The van der Waals surface area contributed by atoms with Gasteiger partial charge in [0.05, 0.1) is 0 Å². The van der Waals surface area contributed by atoms with Gasteiger partial charge in [-0.1, -0.05) is 0 Å². The molecule has 0 aromatic heterocycles. The van der Waals surface area contributed by atoms with Gasteiger partial charge < -0.3 is 5.32 Å². The second kappa shape index (κ2) is 3.58. The molecule has 1 heterocycles. The fraction of sp³-hybridized carbons (Fsp3) is 0.556. The first-order valence-corrected chi connectivity index (χ1v) is 4.93. The summed E-state index contributed by atoms with van der Waals surface area (Å²) in [6.45, 7) is -0.385. The monoisotopic (exact) mass is 225 g/mol. The molecule has 1 saturated heterocycles. The first-order chi connectivity index (χ1) is 7.50. The van der Waals surface area contributed by atoms with Crippen molar-refractivity contribution in [3.63, 3.8) is 0 Å². The van der Waals surface area contributed by atoms with E-state index in [4.69, 9.17) is 0 Å². The van der Waals surface area contributed by atoms with Gasteiger partial charge in [-0.05, 0) is 12.8 Å². The predicted molar refractivity (Wildman–Crippen MR) is 51.0 cm³/mol. The van der Waals surface area contributed by atoms with Gasteiger partial charge in [0.2, 0.25) is 5.91 Å². The normalized spacial score (nSPS) is 20.7. The molecule has 0 radical (unpaired) electrons. The number of rotatable bonds is 3. The maximum absolute atomic E-state index is 11.4. The molecule has 7 heteroatoms. The van der Waals surface area contributed by atoms with Crippen LogP contribution in [0, 0.1) is 0 Å². The zero-order valence-corrected chi connectivity index (χ0v) is 8.73. The summed E-state index contributed by atoms with van der Waals surface area (Å²) in [6.07, 6.45) is 1.85. The number of carbonyl (C=O) groups is 4. The molecule has 1 saturated carbocycles. The van der Waals surface area contributed by atoms with Crippen molar-refractivity contribution in [2.24, 2.45) is 0 Å². The van der Waals surface area contributed by atoms with Crippen LogP contribution in [-0.2, 0) is 14.4 Å². The maximum atomic E-state index is 11.4. The molecule has 16 heavy (non-hydrogen) atoms. The van der Waals surface area contributed by atoms with E-state index in [0.717, 1.165) is 12.8 Å². The van der Waals surface area contributed by atoms with Crippen molar-refractivity contribution in [1.82, 2.24) is 15.1 Å². The second-order valence-corrected chi connectivity index (χ2v) is 3.88. The summed E-state index contributed by atoms with van der Waals surface area (Å²) in [4.78, 5) is 46.5. The lowest BCUT2D eigenvalue weighted by molar-refractivity contribution is -0.143. The van der Waals surface area contributed by atoms with Gasteiger partial charge in [-0.15, -0.1) is 0 Å². The Morgan fingerprint density at radius 2 is 1.94 bits per heavy atom. The molecule has 0 aromatic rings. The largest absolute Gasteiger partial charge is 0.352 e. The number of carbonyl (C=O) groups excluding carboxylic acids is 4. The molecule has 0 unspecified atom stereocenters. The highest BCUT2D eigenvalue weighted by Gasteiger charge is 2.43. The van der Waals surface area contributed by atoms with Crippen LogP contribution in [0.3, 0.4) is 0 Å². The van der Waals surface area contributed by atoms with E-state index >= 15 is 0 Å². The standard InChI is InChI=1S/C9H11N3O4/c1-11-7(14)8(15)12(9(11)16)4-6(13)10-5-2-3-5/h5H,2-4H2,1H3,(H,10,13). The molecule has 2 fully saturated rings. The van der Waals surface area contributed by atoms with E-state index in [1.165, 1.54) is 7.05 Å². The molecule has 5 amide bonds. The average molecular weight is 225 g/mol. The third kappa shape index (κ3) is 1.75. The fourth-order valence-corrected chi connectivity index (χ4v) is 1.40. The lowest BCUT2D eigenvalue weighted by Gasteiger charge is -2.12. The summed E-state index contributed by atoms with van der Waals surface area (Å²) >= 11 is 0. The average Bonchev–Trinajstić information content (AvgIpc) is 3.02. The quantitative estimate of drug-likeness (QED) is 0.477. The van der Waals surface area contributed by atoms with Gasteiger partial charge in [0, 0.05) is 13.1 Å². The minimum Gasteiger partial charge on any atom is -0.352 e. The van der Waals surface area contributed by atoms with Crippen LogP contribution in [-0.4, -0.2) is 53.2 Å². The number of likely N-dealkylation sites (N-methyl/N-ethyl adjacent to an activating group) is 1. The summed E-state index contributed by atoms with van der Waals surface area (Å²) in [5.74, 6) is -2.25. The molecular formula is C9H11N3O4. The number of nitrogens with one attached hydrogen (secondary N) is 1. The number of imide groups is 2. The summed E-state index contributed by atoms with van der Waals surface area (Å²) in [5.41, 5.74) is 0. The summed E-state index contributed by atoms with van der Waals surface area (Å²) in [7, 11) is 1.21. The van der Waals surface area contributed by atoms with Crippen LogP contribution in [0.15, 0.2) is 0 Å². The van der Waals surface area contributed by atoms with Crippen molar-refractivity contribution in [2.45, 2.75) is 18.9 Å². The van der Waals surface area contributed by atoms with Gasteiger partial charge in [-0.25, -0.2) is 9.69 Å². The highest BCUT2D eigenvalue weighted by atomic mass is 16.2. The molecule has 0 spiro atoms. The topological polar surface area (TPSA) is 86.8 Å². The minimum absolute atomic E-state index is 0.161. The summed E-state index contributed by atoms with van der Waals surface area (Å²) < 4.78 is 0. The molecule has 1 aliphatic carbocycles. The van der Waals surface area contributed by atoms with Gasteiger partial charge in [-0.3, -0.25) is 19.3 Å². The van der Waals surface area contributed by atoms with Crippen LogP contribution in [0.4, 0.5) is 4.79 Å². The van der Waals surface area contributed by atoms with Gasteiger partial charge >= 0.3 is 17.8 Å². The van der Waals surface area contributed by atoms with Crippen LogP contribution in [0.25, 0.3) is 0 Å². The van der Waals surface area contributed by atoms with E-state index in [-0.39, 0.29) is 12.6 Å². The van der Waals surface area contributed by atoms with Crippen LogP contribution >= 0.6 is 0 Å². The van der Waals surface area contributed by atoms with E-state index in [9.17, 15) is 19.2 Å². The van der Waals surface area contributed by atoms with Crippen LogP contribution in [0.1, 0.15) is 12.8 Å². The van der Waals surface area contributed by atoms with Crippen molar-refractivity contribution in [2.75, 3.05) is 13.6 Å². The number of hydrogen-bond acceptors (Lipinski definition) is 4. The van der Waals surface area contributed by atoms with Gasteiger partial charge in [-0.2, -0.15) is 0 Å². The molecule has 0 bridgehead atoms. The molecule has 0 atom stereocenters. The maximum Gasteiger partial charge on any atom is 0.334 e. The second-order valence-electron chi connectivity index (χ2n) is 3.88. The van der Waals surface area contributed by atoms with Gasteiger partial charge in [0.25, 0.3) is 0 Å². The number of nitrogens with zero attached hydrogens (tertiary/aromatic N) is 2. The van der Waals surface area contributed by atoms with E-state index in [1.807, 2.05) is 0 Å². The zero-order valence-electron chi connectivity index (χ0n) is 8.73. The Kier molecular flexibility index (Phi) is 2.37. The molecule has 1 N–H and O–H groups in total. The first kappa shape index (κ1) is 10.6. The number of urea groups is 1. The van der Waals surface area contributed by atoms with Crippen molar-refractivity contribution < 1.29 is 19.2 Å². The Morgan fingerprint density at radius 3 is 2.38 bits per heavy atom. The Labute approximate surface area is 91.4 Å². The highest BCUT2D eigenvalue weighted by molar-refractivity contribution is 6.44. The van der Waals surface area contributed by atoms with E-state index < -0.39 is 23.8 Å². The molecule has 0 aromatic carbocycles. The molecule has 7 nitrogen and oxygen atoms in total. The van der Waals surface area contributed by atoms with Crippen molar-refractivity contribution in [3.8, 4) is 0 Å².